The molecule has 2 N–H and O–H groups in total. The lowest BCUT2D eigenvalue weighted by atomic mass is 10.1. The normalized spacial score (nSPS) is 11.0. The first-order valence-electron chi connectivity index (χ1n) is 5.38. The fourth-order valence-electron chi connectivity index (χ4n) is 1.53. The molecule has 0 unspecified atom stereocenters. The third-order valence-electron chi connectivity index (χ3n) is 2.53. The number of benzene rings is 1. The van der Waals surface area contributed by atoms with Crippen LogP contribution >= 0.6 is 0 Å². The zero-order chi connectivity index (χ0) is 13.7. The van der Waals surface area contributed by atoms with E-state index in [0.717, 1.165) is 11.3 Å². The van der Waals surface area contributed by atoms with Crippen molar-refractivity contribution in [2.75, 3.05) is 26.6 Å². The lowest BCUT2D eigenvalue weighted by Gasteiger charge is -2.13. The van der Waals surface area contributed by atoms with Gasteiger partial charge in [0.05, 0.1) is 14.2 Å². The lowest BCUT2D eigenvalue weighted by Crippen LogP contribution is -1.99. The van der Waals surface area contributed by atoms with Crippen molar-refractivity contribution in [3.63, 3.8) is 0 Å². The van der Waals surface area contributed by atoms with Gasteiger partial charge in [-0.15, -0.1) is 0 Å². The molecule has 0 aliphatic carbocycles. The van der Waals surface area contributed by atoms with Gasteiger partial charge in [-0.3, -0.25) is 0 Å². The highest BCUT2D eigenvalue weighted by atomic mass is 16.5. The molecule has 0 aliphatic heterocycles. The van der Waals surface area contributed by atoms with Crippen LogP contribution in [0.25, 0.3) is 6.08 Å². The van der Waals surface area contributed by atoms with Crippen LogP contribution in [-0.2, 0) is 4.79 Å². The molecule has 0 spiro atoms. The SMILES string of the molecule is CNc1cc(OC)c(OC)cc1/C=C(\C)C(=O)O. The van der Waals surface area contributed by atoms with Gasteiger partial charge in [0.1, 0.15) is 0 Å². The van der Waals surface area contributed by atoms with Gasteiger partial charge in [0, 0.05) is 29.9 Å². The summed E-state index contributed by atoms with van der Waals surface area (Å²) in [7, 11) is 4.85. The highest BCUT2D eigenvalue weighted by Crippen LogP contribution is 2.34. The van der Waals surface area contributed by atoms with E-state index >= 15 is 0 Å². The lowest BCUT2D eigenvalue weighted by molar-refractivity contribution is -0.132. The van der Waals surface area contributed by atoms with Crippen molar-refractivity contribution < 1.29 is 19.4 Å². The number of aliphatic carboxylic acids is 1. The van der Waals surface area contributed by atoms with Crippen molar-refractivity contribution >= 4 is 17.7 Å². The number of rotatable bonds is 5. The van der Waals surface area contributed by atoms with Crippen molar-refractivity contribution in [3.8, 4) is 11.5 Å². The van der Waals surface area contributed by atoms with Crippen LogP contribution in [0.1, 0.15) is 12.5 Å². The minimum atomic E-state index is -0.952. The number of hydrogen-bond acceptors (Lipinski definition) is 4. The van der Waals surface area contributed by atoms with Gasteiger partial charge in [-0.1, -0.05) is 0 Å². The van der Waals surface area contributed by atoms with E-state index in [2.05, 4.69) is 5.32 Å². The van der Waals surface area contributed by atoms with Crippen LogP contribution in [0.15, 0.2) is 17.7 Å². The Morgan fingerprint density at radius 3 is 2.28 bits per heavy atom. The average Bonchev–Trinajstić information content (AvgIpc) is 2.37. The van der Waals surface area contributed by atoms with E-state index in [1.165, 1.54) is 7.11 Å². The van der Waals surface area contributed by atoms with Gasteiger partial charge < -0.3 is 19.9 Å². The summed E-state index contributed by atoms with van der Waals surface area (Å²) < 4.78 is 10.4. The maximum absolute atomic E-state index is 10.8. The second-order valence-electron chi connectivity index (χ2n) is 3.68. The molecule has 1 aromatic rings. The Hall–Kier alpha value is -2.17. The van der Waals surface area contributed by atoms with Crippen LogP contribution in [0.3, 0.4) is 0 Å². The van der Waals surface area contributed by atoms with Gasteiger partial charge in [0.15, 0.2) is 11.5 Å². The second kappa shape index (κ2) is 5.95. The zero-order valence-corrected chi connectivity index (χ0v) is 10.9. The topological polar surface area (TPSA) is 67.8 Å². The predicted octanol–water partition coefficient (Wildman–Crippen LogP) is 2.23. The van der Waals surface area contributed by atoms with Gasteiger partial charge in [-0.05, 0) is 19.1 Å². The van der Waals surface area contributed by atoms with E-state index in [1.807, 2.05) is 0 Å². The monoisotopic (exact) mass is 251 g/mol. The molecule has 18 heavy (non-hydrogen) atoms. The first kappa shape index (κ1) is 13.9. The summed E-state index contributed by atoms with van der Waals surface area (Å²) in [4.78, 5) is 10.8. The summed E-state index contributed by atoms with van der Waals surface area (Å²) in [6, 6.07) is 3.50. The van der Waals surface area contributed by atoms with Crippen LogP contribution in [0.5, 0.6) is 11.5 Å². The van der Waals surface area contributed by atoms with Crippen LogP contribution in [-0.4, -0.2) is 32.3 Å². The quantitative estimate of drug-likeness (QED) is 0.785. The number of methoxy groups -OCH3 is 2. The van der Waals surface area contributed by atoms with Crippen molar-refractivity contribution in [1.29, 1.82) is 0 Å². The van der Waals surface area contributed by atoms with E-state index in [1.54, 1.807) is 39.3 Å². The zero-order valence-electron chi connectivity index (χ0n) is 10.9. The number of carbonyl (C=O) groups is 1. The molecule has 0 bridgehead atoms. The molecule has 5 nitrogen and oxygen atoms in total. The third kappa shape index (κ3) is 2.94. The molecule has 0 radical (unpaired) electrons. The van der Waals surface area contributed by atoms with Crippen LogP contribution in [0.4, 0.5) is 5.69 Å². The molecule has 0 saturated carbocycles. The summed E-state index contributed by atoms with van der Waals surface area (Å²) >= 11 is 0. The predicted molar refractivity (Wildman–Crippen MR) is 70.4 cm³/mol. The van der Waals surface area contributed by atoms with E-state index in [9.17, 15) is 4.79 Å². The number of hydrogen-bond donors (Lipinski definition) is 2. The van der Waals surface area contributed by atoms with E-state index in [0.29, 0.717) is 11.5 Å². The second-order valence-corrected chi connectivity index (χ2v) is 3.68. The maximum Gasteiger partial charge on any atom is 0.331 e. The van der Waals surface area contributed by atoms with Gasteiger partial charge in [-0.25, -0.2) is 4.79 Å². The first-order valence-corrected chi connectivity index (χ1v) is 5.38. The average molecular weight is 251 g/mol. The highest BCUT2D eigenvalue weighted by molar-refractivity contribution is 5.93. The van der Waals surface area contributed by atoms with Gasteiger partial charge in [0.2, 0.25) is 0 Å². The van der Waals surface area contributed by atoms with Crippen LogP contribution in [0, 0.1) is 0 Å². The van der Waals surface area contributed by atoms with Gasteiger partial charge >= 0.3 is 5.97 Å². The molecule has 1 rings (SSSR count). The molecule has 1 aromatic carbocycles. The van der Waals surface area contributed by atoms with Crippen LogP contribution in [0.2, 0.25) is 0 Å². The third-order valence-corrected chi connectivity index (χ3v) is 2.53. The molecular weight excluding hydrogens is 234 g/mol. The number of nitrogens with one attached hydrogen (secondary N) is 1. The van der Waals surface area contributed by atoms with Crippen molar-refractivity contribution in [3.05, 3.63) is 23.3 Å². The van der Waals surface area contributed by atoms with Crippen LogP contribution < -0.4 is 14.8 Å². The van der Waals surface area contributed by atoms with E-state index < -0.39 is 5.97 Å². The standard InChI is InChI=1S/C13H17NO4/c1-8(13(15)16)5-9-6-11(17-3)12(18-4)7-10(9)14-2/h5-7,14H,1-4H3,(H,15,16)/b8-5+. The fraction of sp³-hybridized carbons (Fsp3) is 0.308. The highest BCUT2D eigenvalue weighted by Gasteiger charge is 2.10. The smallest absolute Gasteiger partial charge is 0.331 e. The fourth-order valence-corrected chi connectivity index (χ4v) is 1.53. The summed E-state index contributed by atoms with van der Waals surface area (Å²) in [6.07, 6.45) is 1.58. The molecule has 0 atom stereocenters. The van der Waals surface area contributed by atoms with Gasteiger partial charge in [-0.2, -0.15) is 0 Å². The van der Waals surface area contributed by atoms with E-state index in [4.69, 9.17) is 14.6 Å². The number of carboxylic acids is 1. The van der Waals surface area contributed by atoms with Gasteiger partial charge in [0.25, 0.3) is 0 Å². The molecule has 98 valence electrons. The maximum atomic E-state index is 10.8. The molecule has 0 aliphatic rings. The Labute approximate surface area is 106 Å². The molecule has 0 aromatic heterocycles. The Bertz CT molecular complexity index is 480. The molecule has 0 saturated heterocycles. The molecule has 0 heterocycles. The van der Waals surface area contributed by atoms with Crippen molar-refractivity contribution in [1.82, 2.24) is 0 Å². The molecule has 0 amide bonds. The van der Waals surface area contributed by atoms with Crippen molar-refractivity contribution in [2.24, 2.45) is 0 Å². The largest absolute Gasteiger partial charge is 0.493 e. The minimum Gasteiger partial charge on any atom is -0.493 e. The summed E-state index contributed by atoms with van der Waals surface area (Å²) in [6.45, 7) is 1.54. The summed E-state index contributed by atoms with van der Waals surface area (Å²) in [5.41, 5.74) is 1.75. The minimum absolute atomic E-state index is 0.249. The van der Waals surface area contributed by atoms with E-state index in [-0.39, 0.29) is 5.57 Å². The molecule has 5 heteroatoms. The summed E-state index contributed by atoms with van der Waals surface area (Å²) in [5, 5.41) is 11.9. The Morgan fingerprint density at radius 1 is 1.28 bits per heavy atom. The Kier molecular flexibility index (Phi) is 4.59. The number of carboxylic acid groups (broad SMARTS) is 1. The first-order chi connectivity index (χ1) is 8.53. The number of anilines is 1. The van der Waals surface area contributed by atoms with Crippen molar-refractivity contribution in [2.45, 2.75) is 6.92 Å². The summed E-state index contributed by atoms with van der Waals surface area (Å²) in [5.74, 6) is 0.194. The molecule has 0 fully saturated rings. The Balaban J connectivity index is 3.34. The molecular formula is C13H17NO4. The number of ether oxygens (including phenoxy) is 2. The Morgan fingerprint density at radius 2 is 1.83 bits per heavy atom.